The first-order valence-corrected chi connectivity index (χ1v) is 6.99. The van der Waals surface area contributed by atoms with Crippen molar-refractivity contribution >= 4 is 11.7 Å². The molecule has 110 valence electrons. The molecule has 1 heterocycles. The molecular weight excluding hydrogens is 254 g/mol. The van der Waals surface area contributed by atoms with E-state index in [-0.39, 0.29) is 23.0 Å². The summed E-state index contributed by atoms with van der Waals surface area (Å²) in [7, 11) is 1.56. The molecule has 4 nitrogen and oxygen atoms in total. The molecule has 0 saturated carbocycles. The fourth-order valence-corrected chi connectivity index (χ4v) is 2.30. The van der Waals surface area contributed by atoms with E-state index >= 15 is 0 Å². The number of carbonyl (C=O) groups is 2. The monoisotopic (exact) mass is 277 g/mol. The van der Waals surface area contributed by atoms with Crippen LogP contribution in [0, 0.1) is 5.92 Å². The lowest BCUT2D eigenvalue weighted by Crippen LogP contribution is -2.25. The minimum absolute atomic E-state index is 0.0702. The maximum atomic E-state index is 12.3. The number of hydrogen-bond acceptors (Lipinski definition) is 3. The Balaban J connectivity index is 2.81. The molecule has 0 aromatic rings. The van der Waals surface area contributed by atoms with Gasteiger partial charge in [-0.25, -0.2) is 0 Å². The molecule has 0 bridgehead atoms. The average Bonchev–Trinajstić information content (AvgIpc) is 2.64. The Morgan fingerprint density at radius 1 is 1.40 bits per heavy atom. The third kappa shape index (κ3) is 3.18. The molecule has 0 saturated heterocycles. The van der Waals surface area contributed by atoms with E-state index in [9.17, 15) is 14.7 Å². The van der Waals surface area contributed by atoms with Crippen LogP contribution in [0.3, 0.4) is 0 Å². The number of aliphatic hydroxyl groups excluding tert-OH is 1. The van der Waals surface area contributed by atoms with E-state index < -0.39 is 5.91 Å². The van der Waals surface area contributed by atoms with Gasteiger partial charge in [0.05, 0.1) is 5.70 Å². The van der Waals surface area contributed by atoms with Gasteiger partial charge in [-0.3, -0.25) is 9.59 Å². The fourth-order valence-electron chi connectivity index (χ4n) is 2.30. The quantitative estimate of drug-likeness (QED) is 0.461. The van der Waals surface area contributed by atoms with E-state index in [1.807, 2.05) is 13.0 Å². The molecular formula is C16H23NO3. The highest BCUT2D eigenvalue weighted by Gasteiger charge is 2.37. The third-order valence-electron chi connectivity index (χ3n) is 3.57. The summed E-state index contributed by atoms with van der Waals surface area (Å²) in [5.41, 5.74) is 0.332. The van der Waals surface area contributed by atoms with Crippen molar-refractivity contribution in [3.05, 3.63) is 35.3 Å². The smallest absolute Gasteiger partial charge is 0.265 e. The van der Waals surface area contributed by atoms with E-state index in [0.717, 1.165) is 12.8 Å². The van der Waals surface area contributed by atoms with Gasteiger partial charge in [0.1, 0.15) is 5.57 Å². The van der Waals surface area contributed by atoms with E-state index in [2.05, 4.69) is 6.08 Å². The molecule has 4 heteroatoms. The van der Waals surface area contributed by atoms with Gasteiger partial charge in [0, 0.05) is 13.0 Å². The zero-order valence-electron chi connectivity index (χ0n) is 12.6. The second-order valence-electron chi connectivity index (χ2n) is 5.03. The Kier molecular flexibility index (Phi) is 5.74. The number of aliphatic hydroxyl groups is 1. The number of allylic oxidation sites excluding steroid dienone is 3. The van der Waals surface area contributed by atoms with Gasteiger partial charge >= 0.3 is 0 Å². The molecule has 20 heavy (non-hydrogen) atoms. The SMILES string of the molecule is C/C=C/CCCC(C)C(=O)C1=C(O)/C(=C\C)N(C)C1=O. The van der Waals surface area contributed by atoms with Crippen molar-refractivity contribution in [3.63, 3.8) is 0 Å². The largest absolute Gasteiger partial charge is 0.505 e. The third-order valence-corrected chi connectivity index (χ3v) is 3.57. The molecule has 1 aliphatic heterocycles. The lowest BCUT2D eigenvalue weighted by molar-refractivity contribution is -0.127. The highest BCUT2D eigenvalue weighted by atomic mass is 16.3. The second kappa shape index (κ2) is 7.08. The van der Waals surface area contributed by atoms with Crippen molar-refractivity contribution in [3.8, 4) is 0 Å². The number of likely N-dealkylation sites (N-methyl/N-ethyl adjacent to an activating group) is 1. The molecule has 0 spiro atoms. The number of hydrogen-bond donors (Lipinski definition) is 1. The van der Waals surface area contributed by atoms with Crippen LogP contribution in [0.2, 0.25) is 0 Å². The summed E-state index contributed by atoms with van der Waals surface area (Å²) in [6, 6.07) is 0. The van der Waals surface area contributed by atoms with E-state index in [4.69, 9.17) is 0 Å². The minimum Gasteiger partial charge on any atom is -0.505 e. The minimum atomic E-state index is -0.416. The van der Waals surface area contributed by atoms with Crippen LogP contribution in [0.4, 0.5) is 0 Å². The molecule has 1 unspecified atom stereocenters. The molecule has 1 aliphatic rings. The normalized spacial score (nSPS) is 19.5. The van der Waals surface area contributed by atoms with Crippen LogP contribution in [0.25, 0.3) is 0 Å². The summed E-state index contributed by atoms with van der Waals surface area (Å²) in [6.45, 7) is 5.49. The highest BCUT2D eigenvalue weighted by molar-refractivity contribution is 6.23. The van der Waals surface area contributed by atoms with Gasteiger partial charge in [-0.05, 0) is 33.1 Å². The summed E-state index contributed by atoms with van der Waals surface area (Å²) in [6.07, 6.45) is 8.19. The Morgan fingerprint density at radius 2 is 2.05 bits per heavy atom. The Labute approximate surface area is 120 Å². The first-order chi connectivity index (χ1) is 9.45. The van der Waals surface area contributed by atoms with Crippen molar-refractivity contribution in [2.24, 2.45) is 5.92 Å². The Morgan fingerprint density at radius 3 is 2.55 bits per heavy atom. The van der Waals surface area contributed by atoms with Crippen LogP contribution in [0.15, 0.2) is 35.3 Å². The van der Waals surface area contributed by atoms with Gasteiger partial charge in [0.15, 0.2) is 11.5 Å². The van der Waals surface area contributed by atoms with Gasteiger partial charge in [-0.15, -0.1) is 0 Å². The predicted molar refractivity (Wildman–Crippen MR) is 79.0 cm³/mol. The zero-order valence-corrected chi connectivity index (χ0v) is 12.6. The van der Waals surface area contributed by atoms with Crippen molar-refractivity contribution in [2.75, 3.05) is 7.05 Å². The summed E-state index contributed by atoms with van der Waals surface area (Å²) < 4.78 is 0. The van der Waals surface area contributed by atoms with Gasteiger partial charge in [0.25, 0.3) is 5.91 Å². The number of nitrogens with zero attached hydrogens (tertiary/aromatic N) is 1. The summed E-state index contributed by atoms with van der Waals surface area (Å²) in [4.78, 5) is 25.7. The van der Waals surface area contributed by atoms with Crippen molar-refractivity contribution < 1.29 is 14.7 Å². The summed E-state index contributed by atoms with van der Waals surface area (Å²) in [5.74, 6) is -1.13. The van der Waals surface area contributed by atoms with Gasteiger partial charge in [-0.1, -0.05) is 25.2 Å². The number of ketones is 1. The summed E-state index contributed by atoms with van der Waals surface area (Å²) >= 11 is 0. The topological polar surface area (TPSA) is 57.6 Å². The van der Waals surface area contributed by atoms with Gasteiger partial charge in [0.2, 0.25) is 0 Å². The highest BCUT2D eigenvalue weighted by Crippen LogP contribution is 2.29. The zero-order chi connectivity index (χ0) is 15.3. The van der Waals surface area contributed by atoms with Crippen LogP contribution >= 0.6 is 0 Å². The average molecular weight is 277 g/mol. The van der Waals surface area contributed by atoms with Crippen molar-refractivity contribution in [1.29, 1.82) is 0 Å². The Bertz CT molecular complexity index is 486. The molecule has 1 N–H and O–H groups in total. The number of Topliss-reactive ketones (excluding diaryl/α,β-unsaturated/α-hetero) is 1. The molecule has 0 fully saturated rings. The number of rotatable bonds is 6. The van der Waals surface area contributed by atoms with Crippen LogP contribution in [0.1, 0.15) is 40.0 Å². The van der Waals surface area contributed by atoms with Crippen LogP contribution in [-0.2, 0) is 9.59 Å². The molecule has 1 atom stereocenters. The molecule has 0 aliphatic carbocycles. The maximum Gasteiger partial charge on any atom is 0.265 e. The van der Waals surface area contributed by atoms with E-state index in [0.29, 0.717) is 12.1 Å². The second-order valence-corrected chi connectivity index (χ2v) is 5.03. The van der Waals surface area contributed by atoms with Crippen LogP contribution in [0.5, 0.6) is 0 Å². The molecule has 1 amide bonds. The van der Waals surface area contributed by atoms with E-state index in [1.165, 1.54) is 4.90 Å². The lowest BCUT2D eigenvalue weighted by Gasteiger charge is -2.11. The first kappa shape index (κ1) is 16.2. The van der Waals surface area contributed by atoms with Crippen molar-refractivity contribution in [1.82, 2.24) is 4.90 Å². The first-order valence-electron chi connectivity index (χ1n) is 6.99. The number of carbonyl (C=O) groups excluding carboxylic acids is 2. The molecule has 0 radical (unpaired) electrons. The Hall–Kier alpha value is -1.84. The number of unbranched alkanes of at least 4 members (excludes halogenated alkanes) is 1. The summed E-state index contributed by atoms with van der Waals surface area (Å²) in [5, 5.41) is 10.0. The number of amides is 1. The molecule has 0 aromatic carbocycles. The predicted octanol–water partition coefficient (Wildman–Crippen LogP) is 3.13. The standard InChI is InChI=1S/C16H23NO3/c1-5-7-8-9-10-11(3)14(18)13-15(19)12(6-2)17(4)16(13)20/h5-7,11,19H,8-10H2,1-4H3/b7-5+,12-6+. The maximum absolute atomic E-state index is 12.3. The fraction of sp³-hybridized carbons (Fsp3) is 0.500. The van der Waals surface area contributed by atoms with E-state index in [1.54, 1.807) is 27.0 Å². The van der Waals surface area contributed by atoms with Gasteiger partial charge < -0.3 is 10.0 Å². The van der Waals surface area contributed by atoms with Gasteiger partial charge in [-0.2, -0.15) is 0 Å². The van der Waals surface area contributed by atoms with Crippen molar-refractivity contribution in [2.45, 2.75) is 40.0 Å². The molecule has 0 aromatic heterocycles. The molecule has 1 rings (SSSR count). The van der Waals surface area contributed by atoms with Crippen LogP contribution < -0.4 is 0 Å². The lowest BCUT2D eigenvalue weighted by atomic mass is 9.93. The van der Waals surface area contributed by atoms with Crippen LogP contribution in [-0.4, -0.2) is 28.7 Å².